The maximum atomic E-state index is 10.2. The number of pyridine rings is 1. The smallest absolute Gasteiger partial charge is 0.125 e. The molecular formula is C12H20N2O. The third kappa shape index (κ3) is 3.51. The van der Waals surface area contributed by atoms with Crippen LogP contribution in [-0.4, -0.2) is 22.2 Å². The van der Waals surface area contributed by atoms with Gasteiger partial charge in [0, 0.05) is 12.7 Å². The van der Waals surface area contributed by atoms with Crippen molar-refractivity contribution < 1.29 is 5.11 Å². The summed E-state index contributed by atoms with van der Waals surface area (Å²) in [4.78, 5) is 4.14. The summed E-state index contributed by atoms with van der Waals surface area (Å²) < 4.78 is 0. The Bertz CT molecular complexity index is 285. The maximum absolute atomic E-state index is 10.2. The highest BCUT2D eigenvalue weighted by molar-refractivity contribution is 5.33. The molecule has 0 aliphatic carbocycles. The monoisotopic (exact) mass is 208 g/mol. The first kappa shape index (κ1) is 12.0. The Morgan fingerprint density at radius 2 is 2.27 bits per heavy atom. The molecular weight excluding hydrogens is 188 g/mol. The fourth-order valence-corrected chi connectivity index (χ4v) is 1.35. The van der Waals surface area contributed by atoms with Gasteiger partial charge in [-0.05, 0) is 25.0 Å². The van der Waals surface area contributed by atoms with Crippen molar-refractivity contribution >= 4 is 5.82 Å². The van der Waals surface area contributed by atoms with Gasteiger partial charge >= 0.3 is 0 Å². The van der Waals surface area contributed by atoms with Gasteiger partial charge in [-0.1, -0.05) is 26.3 Å². The van der Waals surface area contributed by atoms with Gasteiger partial charge in [-0.2, -0.15) is 0 Å². The lowest BCUT2D eigenvalue weighted by molar-refractivity contribution is 0.0175. The average molecular weight is 208 g/mol. The van der Waals surface area contributed by atoms with Gasteiger partial charge < -0.3 is 10.4 Å². The summed E-state index contributed by atoms with van der Waals surface area (Å²) >= 11 is 0. The highest BCUT2D eigenvalue weighted by Gasteiger charge is 2.26. The zero-order chi connectivity index (χ0) is 11.3. The van der Waals surface area contributed by atoms with Crippen LogP contribution in [0, 0.1) is 5.92 Å². The predicted molar refractivity (Wildman–Crippen MR) is 62.8 cm³/mol. The predicted octanol–water partition coefficient (Wildman–Crippen LogP) is 2.29. The lowest BCUT2D eigenvalue weighted by atomic mass is 9.89. The van der Waals surface area contributed by atoms with E-state index in [9.17, 15) is 5.11 Å². The first-order chi connectivity index (χ1) is 7.06. The van der Waals surface area contributed by atoms with Crippen LogP contribution in [0.25, 0.3) is 0 Å². The number of anilines is 1. The largest absolute Gasteiger partial charge is 0.388 e. The SMILES string of the molecule is CC[C@@H](C)[C@](C)(O)CNc1ccccn1. The summed E-state index contributed by atoms with van der Waals surface area (Å²) in [5.41, 5.74) is -0.688. The van der Waals surface area contributed by atoms with Crippen molar-refractivity contribution in [1.82, 2.24) is 4.98 Å². The molecule has 0 aliphatic heterocycles. The molecule has 0 saturated heterocycles. The molecule has 0 fully saturated rings. The van der Waals surface area contributed by atoms with Crippen molar-refractivity contribution in [1.29, 1.82) is 0 Å². The highest BCUT2D eigenvalue weighted by Crippen LogP contribution is 2.20. The standard InChI is InChI=1S/C12H20N2O/c1-4-10(2)12(3,15)9-14-11-7-5-6-8-13-11/h5-8,10,15H,4,9H2,1-3H3,(H,13,14)/t10-,12-/m1/s1. The van der Waals surface area contributed by atoms with Crippen LogP contribution in [0.1, 0.15) is 27.2 Å². The Morgan fingerprint density at radius 1 is 1.53 bits per heavy atom. The molecule has 15 heavy (non-hydrogen) atoms. The minimum atomic E-state index is -0.688. The van der Waals surface area contributed by atoms with E-state index in [0.717, 1.165) is 12.2 Å². The zero-order valence-electron chi connectivity index (χ0n) is 9.70. The molecule has 0 radical (unpaired) electrons. The molecule has 0 aromatic carbocycles. The Balaban J connectivity index is 2.49. The van der Waals surface area contributed by atoms with Crippen LogP contribution >= 0.6 is 0 Å². The average Bonchev–Trinajstić information content (AvgIpc) is 2.27. The molecule has 1 aromatic heterocycles. The van der Waals surface area contributed by atoms with E-state index in [4.69, 9.17) is 0 Å². The number of hydrogen-bond donors (Lipinski definition) is 2. The van der Waals surface area contributed by atoms with Crippen LogP contribution in [0.2, 0.25) is 0 Å². The van der Waals surface area contributed by atoms with Crippen molar-refractivity contribution in [2.45, 2.75) is 32.8 Å². The van der Waals surface area contributed by atoms with Crippen LogP contribution < -0.4 is 5.32 Å². The molecule has 0 aliphatic rings. The van der Waals surface area contributed by atoms with E-state index in [0.29, 0.717) is 6.54 Å². The Hall–Kier alpha value is -1.09. The lowest BCUT2D eigenvalue weighted by Gasteiger charge is -2.29. The molecule has 0 bridgehead atoms. The minimum Gasteiger partial charge on any atom is -0.388 e. The number of nitrogens with zero attached hydrogens (tertiary/aromatic N) is 1. The van der Waals surface area contributed by atoms with E-state index >= 15 is 0 Å². The van der Waals surface area contributed by atoms with E-state index in [2.05, 4.69) is 24.1 Å². The third-order valence-electron chi connectivity index (χ3n) is 2.97. The summed E-state index contributed by atoms with van der Waals surface area (Å²) in [7, 11) is 0. The summed E-state index contributed by atoms with van der Waals surface area (Å²) in [6, 6.07) is 5.69. The van der Waals surface area contributed by atoms with Crippen molar-refractivity contribution in [3.05, 3.63) is 24.4 Å². The number of nitrogens with one attached hydrogen (secondary N) is 1. The number of aromatic nitrogens is 1. The molecule has 0 unspecified atom stereocenters. The maximum Gasteiger partial charge on any atom is 0.125 e. The number of aliphatic hydroxyl groups is 1. The van der Waals surface area contributed by atoms with Crippen molar-refractivity contribution in [3.63, 3.8) is 0 Å². The molecule has 0 saturated carbocycles. The first-order valence-electron chi connectivity index (χ1n) is 5.43. The van der Waals surface area contributed by atoms with Crippen LogP contribution in [0.5, 0.6) is 0 Å². The lowest BCUT2D eigenvalue weighted by Crippen LogP contribution is -2.39. The van der Waals surface area contributed by atoms with Gasteiger partial charge in [-0.15, -0.1) is 0 Å². The normalized spacial score (nSPS) is 16.8. The van der Waals surface area contributed by atoms with Gasteiger partial charge in [0.1, 0.15) is 5.82 Å². The topological polar surface area (TPSA) is 45.1 Å². The second-order valence-electron chi connectivity index (χ2n) is 4.23. The molecule has 1 aromatic rings. The summed E-state index contributed by atoms with van der Waals surface area (Å²) in [6.45, 7) is 6.52. The molecule has 2 atom stereocenters. The van der Waals surface area contributed by atoms with Crippen LogP contribution in [-0.2, 0) is 0 Å². The fraction of sp³-hybridized carbons (Fsp3) is 0.583. The molecule has 3 nitrogen and oxygen atoms in total. The summed E-state index contributed by atoms with van der Waals surface area (Å²) in [5.74, 6) is 1.08. The summed E-state index contributed by atoms with van der Waals surface area (Å²) in [6.07, 6.45) is 2.71. The Labute approximate surface area is 91.5 Å². The number of rotatable bonds is 5. The molecule has 84 valence electrons. The van der Waals surface area contributed by atoms with E-state index in [1.807, 2.05) is 25.1 Å². The Morgan fingerprint density at radius 3 is 2.80 bits per heavy atom. The van der Waals surface area contributed by atoms with Gasteiger partial charge in [0.2, 0.25) is 0 Å². The molecule has 0 spiro atoms. The summed E-state index contributed by atoms with van der Waals surface area (Å²) in [5, 5.41) is 13.3. The van der Waals surface area contributed by atoms with Crippen LogP contribution in [0.3, 0.4) is 0 Å². The zero-order valence-corrected chi connectivity index (χ0v) is 9.70. The second-order valence-corrected chi connectivity index (χ2v) is 4.23. The second kappa shape index (κ2) is 5.12. The van der Waals surface area contributed by atoms with Crippen molar-refractivity contribution in [2.75, 3.05) is 11.9 Å². The van der Waals surface area contributed by atoms with Gasteiger partial charge in [0.15, 0.2) is 0 Å². The number of hydrogen-bond acceptors (Lipinski definition) is 3. The molecule has 1 rings (SSSR count). The fourth-order valence-electron chi connectivity index (χ4n) is 1.35. The van der Waals surface area contributed by atoms with Crippen LogP contribution in [0.15, 0.2) is 24.4 Å². The van der Waals surface area contributed by atoms with E-state index in [1.54, 1.807) is 6.20 Å². The highest BCUT2D eigenvalue weighted by atomic mass is 16.3. The van der Waals surface area contributed by atoms with Gasteiger partial charge in [0.05, 0.1) is 5.60 Å². The molecule has 1 heterocycles. The van der Waals surface area contributed by atoms with Gasteiger partial charge in [-0.25, -0.2) is 4.98 Å². The molecule has 3 heteroatoms. The van der Waals surface area contributed by atoms with Gasteiger partial charge in [0.25, 0.3) is 0 Å². The quantitative estimate of drug-likeness (QED) is 0.780. The molecule has 2 N–H and O–H groups in total. The van der Waals surface area contributed by atoms with Crippen LogP contribution in [0.4, 0.5) is 5.82 Å². The Kier molecular flexibility index (Phi) is 4.09. The molecule has 0 amide bonds. The minimum absolute atomic E-state index is 0.272. The van der Waals surface area contributed by atoms with Crippen molar-refractivity contribution in [3.8, 4) is 0 Å². The van der Waals surface area contributed by atoms with Gasteiger partial charge in [-0.3, -0.25) is 0 Å². The van der Waals surface area contributed by atoms with E-state index in [-0.39, 0.29) is 5.92 Å². The first-order valence-corrected chi connectivity index (χ1v) is 5.43. The van der Waals surface area contributed by atoms with E-state index < -0.39 is 5.60 Å². The van der Waals surface area contributed by atoms with Crippen molar-refractivity contribution in [2.24, 2.45) is 5.92 Å². The third-order valence-corrected chi connectivity index (χ3v) is 2.97. The van der Waals surface area contributed by atoms with E-state index in [1.165, 1.54) is 0 Å².